The SMILES string of the molecule is Cc1ccc(-c2ccc(-c3cc(C=O)[nH]n3)cc2C#N)cc1. The third kappa shape index (κ3) is 2.52. The molecule has 4 nitrogen and oxygen atoms in total. The van der Waals surface area contributed by atoms with E-state index in [1.54, 1.807) is 12.1 Å². The Labute approximate surface area is 128 Å². The Balaban J connectivity index is 2.06. The van der Waals surface area contributed by atoms with Gasteiger partial charge in [0.15, 0.2) is 6.29 Å². The molecule has 4 heteroatoms. The molecule has 1 N–H and O–H groups in total. The van der Waals surface area contributed by atoms with Crippen molar-refractivity contribution in [1.29, 1.82) is 5.26 Å². The molecular weight excluding hydrogens is 274 g/mol. The molecule has 1 heterocycles. The van der Waals surface area contributed by atoms with Crippen LogP contribution >= 0.6 is 0 Å². The maximum absolute atomic E-state index is 10.7. The summed E-state index contributed by atoms with van der Waals surface area (Å²) in [4.78, 5) is 10.7. The Morgan fingerprint density at radius 2 is 1.82 bits per heavy atom. The molecule has 0 fully saturated rings. The van der Waals surface area contributed by atoms with Crippen molar-refractivity contribution in [2.45, 2.75) is 6.92 Å². The van der Waals surface area contributed by atoms with Crippen LogP contribution in [0.15, 0.2) is 48.5 Å². The molecule has 0 saturated heterocycles. The Kier molecular flexibility index (Phi) is 3.55. The first-order valence-corrected chi connectivity index (χ1v) is 6.83. The lowest BCUT2D eigenvalue weighted by Crippen LogP contribution is -1.87. The summed E-state index contributed by atoms with van der Waals surface area (Å²) >= 11 is 0. The van der Waals surface area contributed by atoms with Gasteiger partial charge in [-0.3, -0.25) is 9.89 Å². The van der Waals surface area contributed by atoms with E-state index in [0.29, 0.717) is 23.2 Å². The lowest BCUT2D eigenvalue weighted by atomic mass is 9.96. The Bertz CT molecular complexity index is 870. The Morgan fingerprint density at radius 3 is 2.45 bits per heavy atom. The zero-order valence-corrected chi connectivity index (χ0v) is 12.0. The maximum Gasteiger partial charge on any atom is 0.167 e. The second-order valence-electron chi connectivity index (χ2n) is 5.06. The van der Waals surface area contributed by atoms with Crippen LogP contribution < -0.4 is 0 Å². The number of aromatic nitrogens is 2. The molecule has 106 valence electrons. The smallest absolute Gasteiger partial charge is 0.167 e. The van der Waals surface area contributed by atoms with E-state index in [-0.39, 0.29) is 0 Å². The van der Waals surface area contributed by atoms with Crippen LogP contribution in [0.2, 0.25) is 0 Å². The first-order chi connectivity index (χ1) is 10.7. The topological polar surface area (TPSA) is 69.5 Å². The number of hydrogen-bond acceptors (Lipinski definition) is 3. The van der Waals surface area contributed by atoms with Crippen LogP contribution in [-0.4, -0.2) is 16.5 Å². The van der Waals surface area contributed by atoms with Crippen LogP contribution in [0.4, 0.5) is 0 Å². The van der Waals surface area contributed by atoms with Gasteiger partial charge in [-0.05, 0) is 30.2 Å². The lowest BCUT2D eigenvalue weighted by molar-refractivity contribution is 0.111. The zero-order chi connectivity index (χ0) is 15.5. The molecule has 2 aromatic carbocycles. The predicted molar refractivity (Wildman–Crippen MR) is 84.3 cm³/mol. The van der Waals surface area contributed by atoms with Crippen molar-refractivity contribution in [2.75, 3.05) is 0 Å². The second-order valence-corrected chi connectivity index (χ2v) is 5.06. The van der Waals surface area contributed by atoms with Gasteiger partial charge < -0.3 is 0 Å². The highest BCUT2D eigenvalue weighted by molar-refractivity contribution is 5.78. The number of benzene rings is 2. The number of aldehydes is 1. The van der Waals surface area contributed by atoms with E-state index in [1.165, 1.54) is 5.56 Å². The normalized spacial score (nSPS) is 10.2. The van der Waals surface area contributed by atoms with Gasteiger partial charge in [-0.25, -0.2) is 0 Å². The molecule has 0 aliphatic heterocycles. The average molecular weight is 287 g/mol. The van der Waals surface area contributed by atoms with Crippen molar-refractivity contribution >= 4 is 6.29 Å². The highest BCUT2D eigenvalue weighted by Crippen LogP contribution is 2.28. The van der Waals surface area contributed by atoms with E-state index in [4.69, 9.17) is 0 Å². The quantitative estimate of drug-likeness (QED) is 0.746. The van der Waals surface area contributed by atoms with E-state index in [0.717, 1.165) is 16.7 Å². The number of hydrogen-bond donors (Lipinski definition) is 1. The van der Waals surface area contributed by atoms with Gasteiger partial charge >= 0.3 is 0 Å². The van der Waals surface area contributed by atoms with E-state index < -0.39 is 0 Å². The highest BCUT2D eigenvalue weighted by Gasteiger charge is 2.09. The predicted octanol–water partition coefficient (Wildman–Crippen LogP) is 3.74. The number of nitrogens with one attached hydrogen (secondary N) is 1. The van der Waals surface area contributed by atoms with Gasteiger partial charge in [0.25, 0.3) is 0 Å². The summed E-state index contributed by atoms with van der Waals surface area (Å²) in [6.07, 6.45) is 0.711. The summed E-state index contributed by atoms with van der Waals surface area (Å²) in [5, 5.41) is 16.1. The standard InChI is InChI=1S/C18H13N3O/c1-12-2-4-13(5-3-12)17-7-6-14(8-15(17)10-19)18-9-16(11-22)20-21-18/h2-9,11H,1H3,(H,20,21). The first-order valence-electron chi connectivity index (χ1n) is 6.83. The Morgan fingerprint density at radius 1 is 1.09 bits per heavy atom. The molecule has 0 radical (unpaired) electrons. The molecule has 0 atom stereocenters. The van der Waals surface area contributed by atoms with Crippen LogP contribution in [-0.2, 0) is 0 Å². The fourth-order valence-electron chi connectivity index (χ4n) is 2.33. The molecule has 1 aromatic heterocycles. The van der Waals surface area contributed by atoms with Crippen LogP contribution in [0.1, 0.15) is 21.6 Å². The van der Waals surface area contributed by atoms with Crippen molar-refractivity contribution in [3.8, 4) is 28.5 Å². The average Bonchev–Trinajstić information content (AvgIpc) is 3.04. The van der Waals surface area contributed by atoms with Crippen LogP contribution in [0.25, 0.3) is 22.4 Å². The Hall–Kier alpha value is -3.19. The summed E-state index contributed by atoms with van der Waals surface area (Å²) in [6.45, 7) is 2.03. The van der Waals surface area contributed by atoms with Crippen molar-refractivity contribution in [3.63, 3.8) is 0 Å². The number of nitrogens with zero attached hydrogens (tertiary/aromatic N) is 2. The van der Waals surface area contributed by atoms with Crippen molar-refractivity contribution < 1.29 is 4.79 Å². The van der Waals surface area contributed by atoms with Gasteiger partial charge in [0.1, 0.15) is 0 Å². The molecule has 0 bridgehead atoms. The molecule has 22 heavy (non-hydrogen) atoms. The molecular formula is C18H13N3O. The van der Waals surface area contributed by atoms with Crippen LogP contribution in [0, 0.1) is 18.3 Å². The molecule has 0 unspecified atom stereocenters. The van der Waals surface area contributed by atoms with Gasteiger partial charge in [0.2, 0.25) is 0 Å². The molecule has 3 aromatic rings. The maximum atomic E-state index is 10.7. The zero-order valence-electron chi connectivity index (χ0n) is 12.0. The van der Waals surface area contributed by atoms with E-state index in [1.807, 2.05) is 43.3 Å². The summed E-state index contributed by atoms with van der Waals surface area (Å²) < 4.78 is 0. The monoisotopic (exact) mass is 287 g/mol. The molecule has 3 rings (SSSR count). The molecule has 0 aliphatic carbocycles. The molecule has 0 spiro atoms. The van der Waals surface area contributed by atoms with E-state index >= 15 is 0 Å². The number of aromatic amines is 1. The fraction of sp³-hybridized carbons (Fsp3) is 0.0556. The summed E-state index contributed by atoms with van der Waals surface area (Å²) in [6, 6.07) is 17.6. The number of carbonyl (C=O) groups excluding carboxylic acids is 1. The minimum Gasteiger partial charge on any atom is -0.296 e. The molecule has 0 amide bonds. The minimum atomic E-state index is 0.413. The van der Waals surface area contributed by atoms with Crippen LogP contribution in [0.3, 0.4) is 0 Å². The van der Waals surface area contributed by atoms with Crippen LogP contribution in [0.5, 0.6) is 0 Å². The number of rotatable bonds is 3. The third-order valence-corrected chi connectivity index (χ3v) is 3.52. The van der Waals surface area contributed by atoms with Crippen molar-refractivity contribution in [2.24, 2.45) is 0 Å². The van der Waals surface area contributed by atoms with Gasteiger partial charge in [-0.1, -0.05) is 42.0 Å². The van der Waals surface area contributed by atoms with Crippen molar-refractivity contribution in [1.82, 2.24) is 10.2 Å². The largest absolute Gasteiger partial charge is 0.296 e. The molecule has 0 saturated carbocycles. The highest BCUT2D eigenvalue weighted by atomic mass is 16.1. The van der Waals surface area contributed by atoms with E-state index in [2.05, 4.69) is 16.3 Å². The van der Waals surface area contributed by atoms with Gasteiger partial charge in [-0.15, -0.1) is 0 Å². The van der Waals surface area contributed by atoms with E-state index in [9.17, 15) is 10.1 Å². The fourth-order valence-corrected chi connectivity index (χ4v) is 2.33. The minimum absolute atomic E-state index is 0.413. The third-order valence-electron chi connectivity index (χ3n) is 3.52. The number of H-pyrrole nitrogens is 1. The van der Waals surface area contributed by atoms with Gasteiger partial charge in [0, 0.05) is 5.56 Å². The van der Waals surface area contributed by atoms with Gasteiger partial charge in [-0.2, -0.15) is 10.4 Å². The lowest BCUT2D eigenvalue weighted by Gasteiger charge is -2.06. The summed E-state index contributed by atoms with van der Waals surface area (Å²) in [5.41, 5.74) is 5.51. The number of carbonyl (C=O) groups is 1. The van der Waals surface area contributed by atoms with Crippen molar-refractivity contribution in [3.05, 3.63) is 65.4 Å². The number of aryl methyl sites for hydroxylation is 1. The summed E-state index contributed by atoms with van der Waals surface area (Å²) in [5.74, 6) is 0. The second kappa shape index (κ2) is 5.66. The molecule has 0 aliphatic rings. The first kappa shape index (κ1) is 13.8. The number of nitriles is 1. The summed E-state index contributed by atoms with van der Waals surface area (Å²) in [7, 11) is 0. The van der Waals surface area contributed by atoms with Gasteiger partial charge in [0.05, 0.1) is 23.0 Å².